The Bertz CT molecular complexity index is 1260. The lowest BCUT2D eigenvalue weighted by atomic mass is 9.78. The van der Waals surface area contributed by atoms with E-state index in [2.05, 4.69) is 30.3 Å². The van der Waals surface area contributed by atoms with Crippen LogP contribution in [0.25, 0.3) is 11.0 Å². The first-order valence-electron chi connectivity index (χ1n) is 12.7. The number of aryl methyl sites for hydroxylation is 1. The Labute approximate surface area is 207 Å². The number of carbonyl (C=O) groups excluding carboxylic acids is 1. The molecule has 0 saturated heterocycles. The second-order valence-corrected chi connectivity index (χ2v) is 10.3. The molecule has 1 fully saturated rings. The van der Waals surface area contributed by atoms with Crippen LogP contribution < -0.4 is 0 Å². The number of fused-ring (bicyclic) bond motifs is 1. The maximum absolute atomic E-state index is 14.4. The van der Waals surface area contributed by atoms with Gasteiger partial charge >= 0.3 is 0 Å². The van der Waals surface area contributed by atoms with Crippen molar-refractivity contribution in [2.75, 3.05) is 0 Å². The number of hydrogen-bond acceptors (Lipinski definition) is 3. The molecule has 184 valence electrons. The molecule has 0 aliphatic heterocycles. The fourth-order valence-electron chi connectivity index (χ4n) is 5.08. The first-order chi connectivity index (χ1) is 16.7. The van der Waals surface area contributed by atoms with Gasteiger partial charge in [-0.1, -0.05) is 49.1 Å². The number of Topliss-reactive ketones (excluding diaryl/α,β-unsaturated/α-hetero) is 1. The van der Waals surface area contributed by atoms with E-state index in [0.717, 1.165) is 49.0 Å². The highest BCUT2D eigenvalue weighted by Crippen LogP contribution is 2.42. The Kier molecular flexibility index (Phi) is 7.42. The van der Waals surface area contributed by atoms with Crippen molar-refractivity contribution in [2.45, 2.75) is 89.7 Å². The molecule has 0 amide bonds. The second kappa shape index (κ2) is 10.3. The number of ketones is 1. The smallest absolute Gasteiger partial charge is 0.136 e. The van der Waals surface area contributed by atoms with Crippen molar-refractivity contribution in [3.05, 3.63) is 65.2 Å². The normalized spacial score (nSPS) is 16.3. The predicted molar refractivity (Wildman–Crippen MR) is 138 cm³/mol. The van der Waals surface area contributed by atoms with Crippen LogP contribution in [0.4, 0.5) is 4.39 Å². The number of aromatic nitrogens is 2. The van der Waals surface area contributed by atoms with Gasteiger partial charge in [0.05, 0.1) is 22.2 Å². The minimum atomic E-state index is -1.19. The van der Waals surface area contributed by atoms with Crippen molar-refractivity contribution in [3.8, 4) is 11.8 Å². The summed E-state index contributed by atoms with van der Waals surface area (Å²) in [5.74, 6) is 6.93. The Hall–Kier alpha value is -2.97. The van der Waals surface area contributed by atoms with Gasteiger partial charge in [-0.3, -0.25) is 4.79 Å². The van der Waals surface area contributed by atoms with Crippen LogP contribution >= 0.6 is 0 Å². The number of hydrogen-bond donors (Lipinski definition) is 1. The molecule has 1 aromatic heterocycles. The summed E-state index contributed by atoms with van der Waals surface area (Å²) in [6.45, 7) is 6.00. The monoisotopic (exact) mass is 474 g/mol. The quantitative estimate of drug-likeness (QED) is 0.364. The zero-order chi connectivity index (χ0) is 25.1. The van der Waals surface area contributed by atoms with Crippen molar-refractivity contribution >= 4 is 16.8 Å². The Morgan fingerprint density at radius 3 is 2.66 bits per heavy atom. The van der Waals surface area contributed by atoms with E-state index in [9.17, 15) is 14.3 Å². The number of halogens is 1. The van der Waals surface area contributed by atoms with Gasteiger partial charge in [0.15, 0.2) is 0 Å². The number of rotatable bonds is 9. The molecule has 0 spiro atoms. The molecule has 1 N–H and O–H groups in total. The average Bonchev–Trinajstić information content (AvgIpc) is 3.16. The molecule has 1 heterocycles. The van der Waals surface area contributed by atoms with E-state index < -0.39 is 5.60 Å². The van der Waals surface area contributed by atoms with Gasteiger partial charge in [0.25, 0.3) is 0 Å². The van der Waals surface area contributed by atoms with Gasteiger partial charge in [-0.25, -0.2) is 9.37 Å². The van der Waals surface area contributed by atoms with Crippen LogP contribution in [0.5, 0.6) is 0 Å². The predicted octanol–water partition coefficient (Wildman–Crippen LogP) is 6.42. The van der Waals surface area contributed by atoms with E-state index in [4.69, 9.17) is 4.98 Å². The minimum Gasteiger partial charge on any atom is -0.385 e. The second-order valence-electron chi connectivity index (χ2n) is 10.3. The summed E-state index contributed by atoms with van der Waals surface area (Å²) in [5, 5.41) is 10.8. The molecular weight excluding hydrogens is 439 g/mol. The molecular formula is C30H35FN2O2. The largest absolute Gasteiger partial charge is 0.385 e. The van der Waals surface area contributed by atoms with Gasteiger partial charge in [0.2, 0.25) is 0 Å². The third-order valence-corrected chi connectivity index (χ3v) is 7.15. The summed E-state index contributed by atoms with van der Waals surface area (Å²) in [4.78, 5) is 17.6. The average molecular weight is 475 g/mol. The van der Waals surface area contributed by atoms with Crippen LogP contribution in [0, 0.1) is 17.7 Å². The zero-order valence-corrected chi connectivity index (χ0v) is 21.0. The lowest BCUT2D eigenvalue weighted by Gasteiger charge is -2.41. The molecule has 1 saturated carbocycles. The number of carbonyl (C=O) groups is 1. The fraction of sp³-hybridized carbons (Fsp3) is 0.467. The summed E-state index contributed by atoms with van der Waals surface area (Å²) < 4.78 is 16.7. The molecule has 2 aromatic carbocycles. The van der Waals surface area contributed by atoms with Crippen LogP contribution in [-0.2, 0) is 22.4 Å². The van der Waals surface area contributed by atoms with Crippen molar-refractivity contribution in [3.63, 3.8) is 0 Å². The molecule has 4 nitrogen and oxygen atoms in total. The van der Waals surface area contributed by atoms with E-state index in [1.807, 2.05) is 30.3 Å². The topological polar surface area (TPSA) is 55.1 Å². The minimum absolute atomic E-state index is 0.0218. The first-order valence-corrected chi connectivity index (χ1v) is 12.7. The van der Waals surface area contributed by atoms with Gasteiger partial charge in [0.1, 0.15) is 17.4 Å². The SMILES string of the molecule is CCCC#Cc1cc(F)cc2nc(CCCC(=O)CC(C)(O)c3ccccc3)n(C3(C)CCC3)c12. The summed E-state index contributed by atoms with van der Waals surface area (Å²) in [6, 6.07) is 12.3. The Morgan fingerprint density at radius 1 is 1.26 bits per heavy atom. The van der Waals surface area contributed by atoms with E-state index >= 15 is 0 Å². The molecule has 1 aliphatic rings. The van der Waals surface area contributed by atoms with Crippen LogP contribution in [0.2, 0.25) is 0 Å². The van der Waals surface area contributed by atoms with Crippen molar-refractivity contribution < 1.29 is 14.3 Å². The van der Waals surface area contributed by atoms with Gasteiger partial charge in [-0.15, -0.1) is 0 Å². The van der Waals surface area contributed by atoms with Crippen LogP contribution in [-0.4, -0.2) is 20.4 Å². The third kappa shape index (κ3) is 5.49. The number of nitrogens with zero attached hydrogens (tertiary/aromatic N) is 2. The Balaban J connectivity index is 1.55. The summed E-state index contributed by atoms with van der Waals surface area (Å²) in [7, 11) is 0. The number of benzene rings is 2. The molecule has 1 aliphatic carbocycles. The fourth-order valence-corrected chi connectivity index (χ4v) is 5.08. The highest BCUT2D eigenvalue weighted by molar-refractivity contribution is 5.83. The van der Waals surface area contributed by atoms with E-state index in [1.165, 1.54) is 12.1 Å². The first kappa shape index (κ1) is 25.1. The van der Waals surface area contributed by atoms with Gasteiger partial charge < -0.3 is 9.67 Å². The van der Waals surface area contributed by atoms with Crippen LogP contribution in [0.1, 0.15) is 89.1 Å². The maximum Gasteiger partial charge on any atom is 0.136 e. The highest BCUT2D eigenvalue weighted by Gasteiger charge is 2.37. The number of aliphatic hydroxyl groups is 1. The van der Waals surface area contributed by atoms with Crippen LogP contribution in [0.3, 0.4) is 0 Å². The molecule has 1 unspecified atom stereocenters. The molecule has 0 bridgehead atoms. The molecule has 3 aromatic rings. The van der Waals surface area contributed by atoms with Gasteiger partial charge in [-0.05, 0) is 57.6 Å². The van der Waals surface area contributed by atoms with Gasteiger partial charge in [0, 0.05) is 37.3 Å². The molecule has 0 radical (unpaired) electrons. The molecule has 35 heavy (non-hydrogen) atoms. The summed E-state index contributed by atoms with van der Waals surface area (Å²) in [6.07, 6.45) is 6.65. The van der Waals surface area contributed by atoms with Gasteiger partial charge in [-0.2, -0.15) is 0 Å². The number of unbranched alkanes of at least 4 members (excludes halogenated alkanes) is 1. The molecule has 1 atom stereocenters. The summed E-state index contributed by atoms with van der Waals surface area (Å²) in [5.41, 5.74) is 1.72. The highest BCUT2D eigenvalue weighted by atomic mass is 19.1. The lowest BCUT2D eigenvalue weighted by Crippen LogP contribution is -2.38. The van der Waals surface area contributed by atoms with Crippen molar-refractivity contribution in [1.82, 2.24) is 9.55 Å². The zero-order valence-electron chi connectivity index (χ0n) is 21.0. The Morgan fingerprint density at radius 2 is 2.00 bits per heavy atom. The van der Waals surface area contributed by atoms with E-state index in [-0.39, 0.29) is 23.6 Å². The standard InChI is InChI=1S/C30H35FN2O2/c1-4-5-7-12-22-19-24(31)20-26-28(22)33(29(2)17-11-18-29)27(32-26)16-10-15-25(34)21-30(3,35)23-13-8-6-9-14-23/h6,8-9,13-14,19-20,35H,4-5,10-11,15-18,21H2,1-3H3. The van der Waals surface area contributed by atoms with Crippen molar-refractivity contribution in [1.29, 1.82) is 0 Å². The van der Waals surface area contributed by atoms with Crippen molar-refractivity contribution in [2.24, 2.45) is 0 Å². The maximum atomic E-state index is 14.4. The third-order valence-electron chi connectivity index (χ3n) is 7.15. The molecule has 5 heteroatoms. The summed E-state index contributed by atoms with van der Waals surface area (Å²) >= 11 is 0. The number of imidazole rings is 1. The van der Waals surface area contributed by atoms with Crippen LogP contribution in [0.15, 0.2) is 42.5 Å². The van der Waals surface area contributed by atoms with E-state index in [0.29, 0.717) is 30.3 Å². The lowest BCUT2D eigenvalue weighted by molar-refractivity contribution is -0.123. The van der Waals surface area contributed by atoms with E-state index in [1.54, 1.807) is 6.92 Å². The molecule has 4 rings (SSSR count).